The van der Waals surface area contributed by atoms with Gasteiger partial charge >= 0.3 is 0 Å². The molecular formula is C26H38O5S. The molecule has 0 aliphatic carbocycles. The van der Waals surface area contributed by atoms with Gasteiger partial charge in [0.1, 0.15) is 10.6 Å². The summed E-state index contributed by atoms with van der Waals surface area (Å²) < 4.78 is 38.2. The van der Waals surface area contributed by atoms with Gasteiger partial charge in [0.2, 0.25) is 0 Å². The Labute approximate surface area is 193 Å². The topological polar surface area (TPSA) is 83.8 Å². The fraction of sp³-hybridized carbons (Fsp3) is 0.538. The van der Waals surface area contributed by atoms with Crippen LogP contribution in [0.5, 0.6) is 17.2 Å². The first-order valence-corrected chi connectivity index (χ1v) is 13.4. The Kier molecular flexibility index (Phi) is 11.6. The van der Waals surface area contributed by atoms with E-state index in [2.05, 4.69) is 6.92 Å². The lowest BCUT2D eigenvalue weighted by Gasteiger charge is -2.12. The predicted octanol–water partition coefficient (Wildman–Crippen LogP) is 7.67. The Morgan fingerprint density at radius 3 is 1.94 bits per heavy atom. The van der Waals surface area contributed by atoms with Crippen LogP contribution in [0.25, 0.3) is 0 Å². The van der Waals surface area contributed by atoms with Crippen molar-refractivity contribution < 1.29 is 22.8 Å². The minimum Gasteiger partial charge on any atom is -0.504 e. The Morgan fingerprint density at radius 2 is 1.34 bits per heavy atom. The number of hydrogen-bond acceptors (Lipinski definition) is 4. The van der Waals surface area contributed by atoms with Crippen LogP contribution < -0.4 is 4.74 Å². The summed E-state index contributed by atoms with van der Waals surface area (Å²) >= 11 is 0. The average molecular weight is 463 g/mol. The predicted molar refractivity (Wildman–Crippen MR) is 129 cm³/mol. The lowest BCUT2D eigenvalue weighted by Crippen LogP contribution is -2.01. The molecule has 0 heterocycles. The van der Waals surface area contributed by atoms with Crippen molar-refractivity contribution in [2.45, 2.75) is 95.3 Å². The van der Waals surface area contributed by atoms with Gasteiger partial charge in [0, 0.05) is 0 Å². The van der Waals surface area contributed by atoms with Gasteiger partial charge in [-0.1, -0.05) is 95.8 Å². The summed E-state index contributed by atoms with van der Waals surface area (Å²) in [4.78, 5) is -0.455. The van der Waals surface area contributed by atoms with Crippen LogP contribution in [-0.2, 0) is 16.5 Å². The smallest absolute Gasteiger partial charge is 0.298 e. The molecule has 0 aliphatic heterocycles. The number of aryl methyl sites for hydroxylation is 1. The lowest BCUT2D eigenvalue weighted by atomic mass is 10.0. The van der Waals surface area contributed by atoms with E-state index < -0.39 is 15.0 Å². The van der Waals surface area contributed by atoms with Crippen LogP contribution in [-0.4, -0.2) is 18.1 Å². The van der Waals surface area contributed by atoms with Gasteiger partial charge in [-0.05, 0) is 42.7 Å². The number of phenols is 1. The number of rotatable bonds is 16. The maximum absolute atomic E-state index is 11.6. The zero-order valence-electron chi connectivity index (χ0n) is 19.3. The van der Waals surface area contributed by atoms with Gasteiger partial charge in [-0.15, -0.1) is 0 Å². The highest BCUT2D eigenvalue weighted by atomic mass is 32.2. The molecule has 0 unspecified atom stereocenters. The van der Waals surface area contributed by atoms with Crippen molar-refractivity contribution in [3.8, 4) is 17.2 Å². The Balaban J connectivity index is 1.72. The molecule has 0 radical (unpaired) electrons. The van der Waals surface area contributed by atoms with E-state index in [9.17, 15) is 18.1 Å². The molecule has 0 spiro atoms. The van der Waals surface area contributed by atoms with E-state index >= 15 is 0 Å². The van der Waals surface area contributed by atoms with Gasteiger partial charge in [-0.2, -0.15) is 8.42 Å². The van der Waals surface area contributed by atoms with Crippen LogP contribution in [0, 0.1) is 0 Å². The monoisotopic (exact) mass is 462 g/mol. The highest BCUT2D eigenvalue weighted by molar-refractivity contribution is 7.86. The first-order valence-electron chi connectivity index (χ1n) is 12.0. The molecule has 0 saturated carbocycles. The third kappa shape index (κ3) is 9.61. The first-order chi connectivity index (χ1) is 15.4. The molecule has 0 aliphatic rings. The fourth-order valence-corrected chi connectivity index (χ4v) is 4.49. The zero-order chi connectivity index (χ0) is 23.2. The van der Waals surface area contributed by atoms with Gasteiger partial charge in [-0.3, -0.25) is 4.55 Å². The van der Waals surface area contributed by atoms with E-state index in [1.165, 1.54) is 88.8 Å². The molecule has 0 saturated heterocycles. The third-order valence-corrected chi connectivity index (χ3v) is 6.55. The molecule has 2 rings (SSSR count). The molecule has 0 aromatic heterocycles. The highest BCUT2D eigenvalue weighted by Crippen LogP contribution is 2.37. The summed E-state index contributed by atoms with van der Waals surface area (Å²) in [5.41, 5.74) is 1.10. The van der Waals surface area contributed by atoms with Crippen LogP contribution in [0.2, 0.25) is 0 Å². The minimum atomic E-state index is -4.51. The summed E-state index contributed by atoms with van der Waals surface area (Å²) in [5, 5.41) is 10.0. The second kappa shape index (κ2) is 14.2. The number of unbranched alkanes of at least 4 members (excludes halogenated alkanes) is 11. The van der Waals surface area contributed by atoms with Crippen molar-refractivity contribution in [1.29, 1.82) is 0 Å². The Morgan fingerprint density at radius 1 is 0.781 bits per heavy atom. The number of phenolic OH excluding ortho intramolecular Hbond substituents is 1. The average Bonchev–Trinajstić information content (AvgIpc) is 2.75. The molecule has 2 N–H and O–H groups in total. The van der Waals surface area contributed by atoms with E-state index in [1.807, 2.05) is 18.2 Å². The number of benzene rings is 2. The van der Waals surface area contributed by atoms with E-state index in [0.717, 1.165) is 18.4 Å². The minimum absolute atomic E-state index is 0.266. The van der Waals surface area contributed by atoms with Gasteiger partial charge < -0.3 is 9.84 Å². The van der Waals surface area contributed by atoms with Crippen LogP contribution in [0.1, 0.15) is 89.5 Å². The van der Waals surface area contributed by atoms with Crippen LogP contribution in [0.15, 0.2) is 47.4 Å². The second-order valence-electron chi connectivity index (χ2n) is 8.47. The molecule has 0 atom stereocenters. The fourth-order valence-electron chi connectivity index (χ4n) is 3.86. The SMILES string of the molecule is CCCCCCCCCCCCCCc1cccc(Oc2c(O)cccc2S(=O)(=O)O)c1. The normalized spacial score (nSPS) is 11.6. The molecule has 2 aromatic rings. The number of aromatic hydroxyl groups is 1. The summed E-state index contributed by atoms with van der Waals surface area (Å²) in [6.45, 7) is 2.25. The molecule has 5 nitrogen and oxygen atoms in total. The van der Waals surface area contributed by atoms with Crippen LogP contribution in [0.4, 0.5) is 0 Å². The van der Waals surface area contributed by atoms with Crippen molar-refractivity contribution in [2.75, 3.05) is 0 Å². The Hall–Kier alpha value is -2.05. The standard InChI is InChI=1S/C26H38O5S/c1-2-3-4-5-6-7-8-9-10-11-12-13-16-22-17-14-18-23(21-22)31-26-24(27)19-15-20-25(26)32(28,29)30/h14-15,17-21,27H,2-13,16H2,1H3,(H,28,29,30). The lowest BCUT2D eigenvalue weighted by molar-refractivity contribution is 0.397. The van der Waals surface area contributed by atoms with Crippen molar-refractivity contribution in [1.82, 2.24) is 0 Å². The Bertz CT molecular complexity index is 908. The zero-order valence-corrected chi connectivity index (χ0v) is 20.1. The summed E-state index contributed by atoms with van der Waals surface area (Å²) in [7, 11) is -4.51. The van der Waals surface area contributed by atoms with E-state index in [0.29, 0.717) is 5.75 Å². The van der Waals surface area contributed by atoms with Crippen molar-refractivity contribution >= 4 is 10.1 Å². The van der Waals surface area contributed by atoms with E-state index in [4.69, 9.17) is 4.74 Å². The van der Waals surface area contributed by atoms with Gasteiger partial charge in [-0.25, -0.2) is 0 Å². The summed E-state index contributed by atoms with van der Waals surface area (Å²) in [6, 6.07) is 11.3. The van der Waals surface area contributed by atoms with Gasteiger partial charge in [0.05, 0.1) is 0 Å². The largest absolute Gasteiger partial charge is 0.504 e. The molecule has 6 heteroatoms. The molecule has 32 heavy (non-hydrogen) atoms. The number of para-hydroxylation sites is 1. The van der Waals surface area contributed by atoms with Crippen LogP contribution in [0.3, 0.4) is 0 Å². The maximum atomic E-state index is 11.6. The third-order valence-electron chi connectivity index (χ3n) is 5.67. The number of ether oxygens (including phenoxy) is 1. The highest BCUT2D eigenvalue weighted by Gasteiger charge is 2.20. The molecule has 0 fully saturated rings. The molecular weight excluding hydrogens is 424 g/mol. The first kappa shape index (κ1) is 26.2. The molecule has 2 aromatic carbocycles. The number of hydrogen-bond donors (Lipinski definition) is 2. The molecule has 0 bridgehead atoms. The van der Waals surface area contributed by atoms with E-state index in [1.54, 1.807) is 6.07 Å². The van der Waals surface area contributed by atoms with E-state index in [-0.39, 0.29) is 11.5 Å². The maximum Gasteiger partial charge on any atom is 0.298 e. The summed E-state index contributed by atoms with van der Waals surface area (Å²) in [6.07, 6.45) is 16.6. The molecule has 0 amide bonds. The van der Waals surface area contributed by atoms with Crippen molar-refractivity contribution in [3.05, 3.63) is 48.0 Å². The van der Waals surface area contributed by atoms with Gasteiger partial charge in [0.25, 0.3) is 10.1 Å². The van der Waals surface area contributed by atoms with Crippen molar-refractivity contribution in [3.63, 3.8) is 0 Å². The quantitative estimate of drug-likeness (QED) is 0.197. The van der Waals surface area contributed by atoms with Gasteiger partial charge in [0.15, 0.2) is 11.5 Å². The summed E-state index contributed by atoms with van der Waals surface area (Å²) in [5.74, 6) is -0.183. The second-order valence-corrected chi connectivity index (χ2v) is 9.86. The van der Waals surface area contributed by atoms with Crippen molar-refractivity contribution in [2.24, 2.45) is 0 Å². The van der Waals surface area contributed by atoms with Crippen LogP contribution >= 0.6 is 0 Å². The molecule has 178 valence electrons.